The molecule has 0 aliphatic carbocycles. The van der Waals surface area contributed by atoms with E-state index in [0.29, 0.717) is 59.1 Å². The zero-order valence-electron chi connectivity index (χ0n) is 29.7. The second-order valence-corrected chi connectivity index (χ2v) is 11.8. The fourth-order valence-electron chi connectivity index (χ4n) is 5.14. The number of aliphatic carboxylic acids is 1. The van der Waals surface area contributed by atoms with Crippen LogP contribution in [0.5, 0.6) is 5.75 Å². The molecule has 0 saturated carbocycles. The topological polar surface area (TPSA) is 210 Å². The summed E-state index contributed by atoms with van der Waals surface area (Å²) in [5, 5.41) is 46.0. The van der Waals surface area contributed by atoms with Gasteiger partial charge in [-0.3, -0.25) is 19.3 Å². The van der Waals surface area contributed by atoms with E-state index in [2.05, 4.69) is 21.3 Å². The van der Waals surface area contributed by atoms with Crippen molar-refractivity contribution < 1.29 is 44.3 Å². The van der Waals surface area contributed by atoms with E-state index in [0.717, 1.165) is 5.56 Å². The standard InChI is InChI=1S/C33H32N4O6.C6H15NO3/c1-21-8-6-7-11-26(21)36-33(42)37-27-17-12-22(18-29(27)43-2)19-30(38)34-25-15-13-23(14-16-25)28(20-31(39)40)35-32(41)24-9-4-3-5-10-24;8-4-1-7(2-5-9)3-6-10/h3-18,28H,19-20H2,1-2H3,(H,34,38)(H,35,41)(H,39,40)(H2,36,37,42);8-10H,1-6H2/t28-;/m1./s1. The van der Waals surface area contributed by atoms with E-state index >= 15 is 0 Å². The number of aliphatic hydroxyl groups excluding tert-OH is 3. The molecule has 14 heteroatoms. The van der Waals surface area contributed by atoms with Gasteiger partial charge in [-0.15, -0.1) is 0 Å². The van der Waals surface area contributed by atoms with E-state index < -0.39 is 18.0 Å². The molecule has 0 saturated heterocycles. The van der Waals surface area contributed by atoms with Crippen LogP contribution in [0.4, 0.5) is 21.9 Å². The highest BCUT2D eigenvalue weighted by Gasteiger charge is 2.19. The molecule has 0 aliphatic rings. The van der Waals surface area contributed by atoms with Crippen LogP contribution in [0.15, 0.2) is 97.1 Å². The molecule has 0 bridgehead atoms. The summed E-state index contributed by atoms with van der Waals surface area (Å²) in [6, 6.07) is 26.5. The van der Waals surface area contributed by atoms with Crippen molar-refractivity contribution in [2.75, 3.05) is 62.5 Å². The van der Waals surface area contributed by atoms with Crippen LogP contribution < -0.4 is 26.0 Å². The van der Waals surface area contributed by atoms with Crippen molar-refractivity contribution >= 4 is 40.9 Å². The van der Waals surface area contributed by atoms with Gasteiger partial charge in [-0.05, 0) is 66.1 Å². The molecule has 4 aromatic rings. The number of amides is 4. The molecule has 0 radical (unpaired) electrons. The number of hydrogen-bond donors (Lipinski definition) is 8. The highest BCUT2D eigenvalue weighted by atomic mass is 16.5. The van der Waals surface area contributed by atoms with Crippen LogP contribution in [-0.4, -0.2) is 95.7 Å². The Morgan fingerprint density at radius 2 is 1.34 bits per heavy atom. The maximum atomic E-state index is 12.8. The van der Waals surface area contributed by atoms with Gasteiger partial charge in [0, 0.05) is 36.6 Å². The van der Waals surface area contributed by atoms with Crippen molar-refractivity contribution in [1.82, 2.24) is 10.2 Å². The number of aryl methyl sites for hydroxylation is 1. The Kier molecular flexibility index (Phi) is 17.4. The number of urea groups is 1. The summed E-state index contributed by atoms with van der Waals surface area (Å²) in [6.45, 7) is 3.65. The van der Waals surface area contributed by atoms with Crippen LogP contribution in [0.2, 0.25) is 0 Å². The highest BCUT2D eigenvalue weighted by Crippen LogP contribution is 2.27. The number of carboxylic acid groups (broad SMARTS) is 1. The number of anilines is 3. The first-order chi connectivity index (χ1) is 25.6. The first kappa shape index (κ1) is 41.6. The molecule has 1 atom stereocenters. The number of ether oxygens (including phenoxy) is 1. The zero-order chi connectivity index (χ0) is 38.6. The third-order valence-electron chi connectivity index (χ3n) is 7.84. The number of carbonyl (C=O) groups excluding carboxylic acids is 3. The number of methoxy groups -OCH3 is 1. The van der Waals surface area contributed by atoms with Gasteiger partial charge in [-0.2, -0.15) is 0 Å². The summed E-state index contributed by atoms with van der Waals surface area (Å²) in [5.41, 5.74) is 4.25. The Morgan fingerprint density at radius 3 is 1.92 bits per heavy atom. The lowest BCUT2D eigenvalue weighted by Gasteiger charge is -2.18. The van der Waals surface area contributed by atoms with E-state index in [-0.39, 0.29) is 44.5 Å². The zero-order valence-corrected chi connectivity index (χ0v) is 29.7. The van der Waals surface area contributed by atoms with Gasteiger partial charge in [0.25, 0.3) is 5.91 Å². The Hall–Kier alpha value is -5.80. The predicted molar refractivity (Wildman–Crippen MR) is 202 cm³/mol. The van der Waals surface area contributed by atoms with Crippen LogP contribution in [0.3, 0.4) is 0 Å². The normalized spacial score (nSPS) is 11.1. The molecule has 0 spiro atoms. The fourth-order valence-corrected chi connectivity index (χ4v) is 5.14. The van der Waals surface area contributed by atoms with Crippen LogP contribution in [0.25, 0.3) is 0 Å². The van der Waals surface area contributed by atoms with Crippen LogP contribution >= 0.6 is 0 Å². The van der Waals surface area contributed by atoms with Crippen molar-refractivity contribution in [3.8, 4) is 5.75 Å². The Bertz CT molecular complexity index is 1760. The Labute approximate surface area is 308 Å². The number of benzene rings is 4. The van der Waals surface area contributed by atoms with Crippen molar-refractivity contribution in [3.05, 3.63) is 119 Å². The van der Waals surface area contributed by atoms with E-state index in [4.69, 9.17) is 20.1 Å². The summed E-state index contributed by atoms with van der Waals surface area (Å²) < 4.78 is 5.43. The van der Waals surface area contributed by atoms with E-state index in [1.54, 1.807) is 83.8 Å². The average molecular weight is 730 g/mol. The molecule has 14 nitrogen and oxygen atoms in total. The smallest absolute Gasteiger partial charge is 0.323 e. The van der Waals surface area contributed by atoms with Crippen molar-refractivity contribution in [3.63, 3.8) is 0 Å². The monoisotopic (exact) mass is 729 g/mol. The largest absolute Gasteiger partial charge is 0.495 e. The second-order valence-electron chi connectivity index (χ2n) is 11.8. The van der Waals surface area contributed by atoms with Gasteiger partial charge in [0.2, 0.25) is 5.91 Å². The quantitative estimate of drug-likeness (QED) is 0.0782. The summed E-state index contributed by atoms with van der Waals surface area (Å²) in [5.74, 6) is -1.32. The highest BCUT2D eigenvalue weighted by molar-refractivity contribution is 6.01. The first-order valence-corrected chi connectivity index (χ1v) is 16.9. The number of aliphatic hydroxyl groups is 3. The molecule has 0 aromatic heterocycles. The van der Waals surface area contributed by atoms with Crippen LogP contribution in [0, 0.1) is 6.92 Å². The summed E-state index contributed by atoms with van der Waals surface area (Å²) in [7, 11) is 1.48. The van der Waals surface area contributed by atoms with E-state index in [1.807, 2.05) is 25.1 Å². The lowest BCUT2D eigenvalue weighted by molar-refractivity contribution is -0.137. The van der Waals surface area contributed by atoms with Gasteiger partial charge in [0.1, 0.15) is 5.75 Å². The number of nitrogens with zero attached hydrogens (tertiary/aromatic N) is 1. The molecule has 4 rings (SSSR count). The summed E-state index contributed by atoms with van der Waals surface area (Å²) in [6.07, 6.45) is -0.257. The predicted octanol–water partition coefficient (Wildman–Crippen LogP) is 4.04. The fraction of sp³-hybridized carbons (Fsp3) is 0.282. The van der Waals surface area contributed by atoms with Gasteiger partial charge in [-0.1, -0.05) is 54.6 Å². The molecule has 4 amide bonds. The Balaban J connectivity index is 0.000000661. The number of hydrogen-bond acceptors (Lipinski definition) is 9. The molecular formula is C39H47N5O9. The minimum absolute atomic E-state index is 0.0442. The van der Waals surface area contributed by atoms with Gasteiger partial charge in [-0.25, -0.2) is 4.79 Å². The van der Waals surface area contributed by atoms with E-state index in [9.17, 15) is 24.3 Å². The molecule has 4 aromatic carbocycles. The Morgan fingerprint density at radius 1 is 0.736 bits per heavy atom. The maximum Gasteiger partial charge on any atom is 0.323 e. The SMILES string of the molecule is COc1cc(CC(=O)Nc2ccc([C@@H](CC(=O)O)NC(=O)c3ccccc3)cc2)ccc1NC(=O)Nc1ccccc1C.OCCN(CCO)CCO. The summed E-state index contributed by atoms with van der Waals surface area (Å²) in [4.78, 5) is 51.1. The third-order valence-corrected chi connectivity index (χ3v) is 7.84. The minimum atomic E-state index is -1.06. The maximum absolute atomic E-state index is 12.8. The number of carboxylic acids is 1. The van der Waals surface area contributed by atoms with Crippen LogP contribution in [-0.2, 0) is 16.0 Å². The van der Waals surface area contributed by atoms with Gasteiger partial charge in [0.15, 0.2) is 0 Å². The van der Waals surface area contributed by atoms with Gasteiger partial charge in [0.05, 0.1) is 51.5 Å². The molecule has 0 fully saturated rings. The number of rotatable bonds is 17. The lowest BCUT2D eigenvalue weighted by Crippen LogP contribution is -2.32. The molecule has 282 valence electrons. The van der Waals surface area contributed by atoms with Gasteiger partial charge >= 0.3 is 12.0 Å². The average Bonchev–Trinajstić information content (AvgIpc) is 3.14. The van der Waals surface area contributed by atoms with Crippen molar-refractivity contribution in [1.29, 1.82) is 0 Å². The molecule has 0 heterocycles. The van der Waals surface area contributed by atoms with Gasteiger partial charge < -0.3 is 46.4 Å². The molecule has 53 heavy (non-hydrogen) atoms. The molecule has 0 aliphatic heterocycles. The second kappa shape index (κ2) is 22.2. The molecule has 8 N–H and O–H groups in total. The van der Waals surface area contributed by atoms with Crippen LogP contribution in [0.1, 0.15) is 39.5 Å². The summed E-state index contributed by atoms with van der Waals surface area (Å²) >= 11 is 0. The van der Waals surface area contributed by atoms with Crippen molar-refractivity contribution in [2.24, 2.45) is 0 Å². The molecular weight excluding hydrogens is 682 g/mol. The number of nitrogens with one attached hydrogen (secondary N) is 4. The number of para-hydroxylation sites is 1. The minimum Gasteiger partial charge on any atom is -0.495 e. The van der Waals surface area contributed by atoms with E-state index in [1.165, 1.54) is 7.11 Å². The molecule has 0 unspecified atom stereocenters. The third kappa shape index (κ3) is 14.4. The van der Waals surface area contributed by atoms with Crippen molar-refractivity contribution in [2.45, 2.75) is 25.8 Å². The first-order valence-electron chi connectivity index (χ1n) is 16.9. The number of carbonyl (C=O) groups is 4. The lowest BCUT2D eigenvalue weighted by atomic mass is 10.0.